The van der Waals surface area contributed by atoms with Gasteiger partial charge in [0.1, 0.15) is 11.2 Å². The van der Waals surface area contributed by atoms with E-state index in [1.165, 1.54) is 12.8 Å². The van der Waals surface area contributed by atoms with Gasteiger partial charge in [-0.2, -0.15) is 5.10 Å². The molecule has 2 bridgehead atoms. The summed E-state index contributed by atoms with van der Waals surface area (Å²) < 4.78 is 0. The molecule has 1 aromatic heterocycles. The van der Waals surface area contributed by atoms with Crippen molar-refractivity contribution < 1.29 is 25.3 Å². The van der Waals surface area contributed by atoms with Crippen LogP contribution in [0.3, 0.4) is 0 Å². The van der Waals surface area contributed by atoms with Crippen molar-refractivity contribution in [1.29, 1.82) is 0 Å². The second kappa shape index (κ2) is 8.69. The third kappa shape index (κ3) is 4.12. The Balaban J connectivity index is 0.000000614. The molecule has 2 fully saturated rings. The number of hydrogen-bond acceptors (Lipinski definition) is 6. The number of aromatic nitrogens is 2. The van der Waals surface area contributed by atoms with Gasteiger partial charge in [-0.1, -0.05) is 0 Å². The molecule has 1 amide bonds. The quantitative estimate of drug-likeness (QED) is 0.539. The Hall–Kier alpha value is -2.85. The number of aromatic amines is 2. The molecule has 4 rings (SSSR count). The van der Waals surface area contributed by atoms with E-state index in [-0.39, 0.29) is 23.9 Å². The second-order valence-electron chi connectivity index (χ2n) is 6.74. The lowest BCUT2D eigenvalue weighted by molar-refractivity contribution is -0.449. The molecule has 10 nitrogen and oxygen atoms in total. The van der Waals surface area contributed by atoms with Gasteiger partial charge in [-0.15, -0.1) is 10.0 Å². The van der Waals surface area contributed by atoms with Gasteiger partial charge in [-0.25, -0.2) is 0 Å². The monoisotopic (exact) mass is 377 g/mol. The molecule has 5 N–H and O–H groups in total. The highest BCUT2D eigenvalue weighted by atomic mass is 16.3. The van der Waals surface area contributed by atoms with E-state index in [1.807, 2.05) is 0 Å². The van der Waals surface area contributed by atoms with Crippen molar-refractivity contribution >= 4 is 29.0 Å². The zero-order valence-corrected chi connectivity index (χ0v) is 14.9. The van der Waals surface area contributed by atoms with Gasteiger partial charge in [0, 0.05) is 18.1 Å². The first-order valence-corrected chi connectivity index (χ1v) is 8.54. The van der Waals surface area contributed by atoms with Crippen LogP contribution in [0.15, 0.2) is 23.4 Å². The molecule has 2 aliphatic heterocycles. The second-order valence-corrected chi connectivity index (χ2v) is 6.74. The van der Waals surface area contributed by atoms with Crippen molar-refractivity contribution in [2.75, 3.05) is 7.05 Å². The maximum absolute atomic E-state index is 12.6. The summed E-state index contributed by atoms with van der Waals surface area (Å²) in [6, 6.07) is 6.39. The number of benzene rings is 1. The maximum Gasteiger partial charge on any atom is 0.319 e. The number of nitroso groups, excluding NO2 is 1. The average Bonchev–Trinajstić information content (AvgIpc) is 3.12. The lowest BCUT2D eigenvalue weighted by Gasteiger charge is -2.36. The Morgan fingerprint density at radius 1 is 1.37 bits per heavy atom. The van der Waals surface area contributed by atoms with E-state index in [1.54, 1.807) is 18.2 Å². The number of amides is 1. The lowest BCUT2D eigenvalue weighted by atomic mass is 9.98. The third-order valence-corrected chi connectivity index (χ3v) is 5.36. The van der Waals surface area contributed by atoms with E-state index in [4.69, 9.17) is 9.90 Å². The molecule has 0 radical (unpaired) electrons. The molecule has 3 heterocycles. The van der Waals surface area contributed by atoms with Gasteiger partial charge >= 0.3 is 11.6 Å². The Labute approximate surface area is 155 Å². The molecule has 2 atom stereocenters. The number of H-pyrrole nitrogens is 2. The molecule has 2 unspecified atom stereocenters. The highest BCUT2D eigenvalue weighted by Gasteiger charge is 2.39. The first kappa shape index (κ1) is 20.5. The average molecular weight is 377 g/mol. The Morgan fingerprint density at radius 2 is 2.00 bits per heavy atom. The number of hydrogen-bond donors (Lipinski definition) is 3. The van der Waals surface area contributed by atoms with Crippen LogP contribution >= 0.6 is 0 Å². The van der Waals surface area contributed by atoms with Crippen LogP contribution in [0.25, 0.3) is 10.9 Å². The molecular weight excluding hydrogens is 354 g/mol. The molecule has 2 aromatic rings. The fourth-order valence-corrected chi connectivity index (χ4v) is 4.07. The predicted molar refractivity (Wildman–Crippen MR) is 96.0 cm³/mol. The van der Waals surface area contributed by atoms with Crippen molar-refractivity contribution in [3.63, 3.8) is 0 Å². The Morgan fingerprint density at radius 3 is 2.59 bits per heavy atom. The molecule has 0 aliphatic carbocycles. The molecule has 2 aliphatic rings. The van der Waals surface area contributed by atoms with Gasteiger partial charge in [0.05, 0.1) is 5.39 Å². The van der Waals surface area contributed by atoms with Crippen molar-refractivity contribution in [1.82, 2.24) is 15.3 Å². The topological polar surface area (TPSA) is 159 Å². The summed E-state index contributed by atoms with van der Waals surface area (Å²) in [6.45, 7) is -0.250. The highest BCUT2D eigenvalue weighted by molar-refractivity contribution is 6.03. The fourth-order valence-electron chi connectivity index (χ4n) is 4.07. The van der Waals surface area contributed by atoms with Crippen molar-refractivity contribution in [3.8, 4) is 0 Å². The van der Waals surface area contributed by atoms with Gasteiger partial charge in [0.25, 0.3) is 6.47 Å². The first-order valence-electron chi connectivity index (χ1n) is 8.54. The molecule has 27 heavy (non-hydrogen) atoms. The van der Waals surface area contributed by atoms with Crippen molar-refractivity contribution in [3.05, 3.63) is 28.8 Å². The molecule has 0 spiro atoms. The van der Waals surface area contributed by atoms with E-state index in [9.17, 15) is 9.70 Å². The first-order chi connectivity index (χ1) is 12.6. The molecule has 146 valence electrons. The van der Waals surface area contributed by atoms with Crippen LogP contribution in [0, 0.1) is 4.91 Å². The highest BCUT2D eigenvalue weighted by Crippen LogP contribution is 2.34. The van der Waals surface area contributed by atoms with Crippen LogP contribution in [0.5, 0.6) is 0 Å². The van der Waals surface area contributed by atoms with E-state index >= 15 is 0 Å². The Kier molecular flexibility index (Phi) is 6.59. The summed E-state index contributed by atoms with van der Waals surface area (Å²) in [4.78, 5) is 34.0. The van der Waals surface area contributed by atoms with Gasteiger partial charge in [-0.3, -0.25) is 9.59 Å². The Bertz CT molecular complexity index is 809. The van der Waals surface area contributed by atoms with Crippen LogP contribution in [-0.2, 0) is 4.79 Å². The van der Waals surface area contributed by atoms with Crippen LogP contribution in [-0.4, -0.2) is 58.1 Å². The predicted octanol–water partition coefficient (Wildman–Crippen LogP) is 1.26. The van der Waals surface area contributed by atoms with Gasteiger partial charge in [0.2, 0.25) is 0 Å². The van der Waals surface area contributed by atoms with Gasteiger partial charge in [0.15, 0.2) is 0 Å². The number of carbonyl (C=O) groups is 2. The maximum atomic E-state index is 12.6. The molecule has 1 aromatic carbocycles. The minimum atomic E-state index is -0.250. The fraction of sp³-hybridized carbons (Fsp3) is 0.471. The number of fused-ring (bicyclic) bond motifs is 3. The van der Waals surface area contributed by atoms with Gasteiger partial charge < -0.3 is 20.8 Å². The minimum Gasteiger partial charge on any atom is -0.870 e. The zero-order valence-electron chi connectivity index (χ0n) is 14.9. The summed E-state index contributed by atoms with van der Waals surface area (Å²) in [5.41, 5.74) is 1.55. The number of nitrogens with one attached hydrogen (secondary N) is 3. The summed E-state index contributed by atoms with van der Waals surface area (Å²) >= 11 is 0. The zero-order chi connectivity index (χ0) is 18.7. The molecule has 10 heteroatoms. The standard InChI is InChI=1S/C16H19N5O2.CH2O2.H2O/c1-21-11-3-4-12(21)7-10(6-11)17-16(22)15-13-5-2-9(20-23)8-14(13)18-19-15;2-1-3;/h2,5,8,10-12H,3-4,6-7H2,1H3,(H,17,22)(H,18,19);1H,(H,2,3);1H2. The molecular formula is C17H23N5O5. The van der Waals surface area contributed by atoms with Crippen molar-refractivity contribution in [2.24, 2.45) is 5.18 Å². The number of piperidine rings is 1. The minimum absolute atomic E-state index is 0. The van der Waals surface area contributed by atoms with Crippen molar-refractivity contribution in [2.45, 2.75) is 43.8 Å². The van der Waals surface area contributed by atoms with E-state index in [2.05, 4.69) is 32.6 Å². The number of carboxylic acid groups (broad SMARTS) is 1. The number of nitrogens with zero attached hydrogens (tertiary/aromatic N) is 2. The van der Waals surface area contributed by atoms with E-state index < -0.39 is 0 Å². The molecule has 2 saturated heterocycles. The van der Waals surface area contributed by atoms with Crippen LogP contribution in [0.4, 0.5) is 5.69 Å². The summed E-state index contributed by atoms with van der Waals surface area (Å²) in [7, 11) is 2.19. The smallest absolute Gasteiger partial charge is 0.319 e. The third-order valence-electron chi connectivity index (χ3n) is 5.36. The lowest BCUT2D eigenvalue weighted by Crippen LogP contribution is -2.49. The number of rotatable bonds is 3. The van der Waals surface area contributed by atoms with Crippen LogP contribution in [0.1, 0.15) is 36.2 Å². The van der Waals surface area contributed by atoms with Crippen LogP contribution in [0.2, 0.25) is 0 Å². The summed E-state index contributed by atoms with van der Waals surface area (Å²) in [5.74, 6) is -0.1000. The van der Waals surface area contributed by atoms with Crippen LogP contribution < -0.4 is 10.4 Å². The van der Waals surface area contributed by atoms with E-state index in [0.29, 0.717) is 29.0 Å². The normalized spacial score (nSPS) is 23.7. The number of carbonyl (C=O) groups excluding carboxylic acids is 1. The molecule has 0 saturated carbocycles. The van der Waals surface area contributed by atoms with E-state index in [0.717, 1.165) is 18.2 Å². The largest absolute Gasteiger partial charge is 0.870 e. The SMILES string of the molecule is CN1C2CCC1CC(NC(=O)c1[nH+][nH]c3cc(N=O)ccc13)C2.O=CO.[OH-]. The van der Waals surface area contributed by atoms with Gasteiger partial charge in [-0.05, 0) is 56.1 Å². The summed E-state index contributed by atoms with van der Waals surface area (Å²) in [6.07, 6.45) is 4.49. The summed E-state index contributed by atoms with van der Waals surface area (Å²) in [5, 5.41) is 19.6.